The number of carbonyl (C=O) groups is 2. The van der Waals surface area contributed by atoms with Crippen LogP contribution < -0.4 is 9.47 Å². The van der Waals surface area contributed by atoms with Crippen LogP contribution in [0.1, 0.15) is 12.5 Å². The summed E-state index contributed by atoms with van der Waals surface area (Å²) in [6, 6.07) is 11.5. The molecule has 158 valence electrons. The van der Waals surface area contributed by atoms with E-state index in [2.05, 4.69) is 0 Å². The van der Waals surface area contributed by atoms with Gasteiger partial charge in [-0.3, -0.25) is 4.79 Å². The summed E-state index contributed by atoms with van der Waals surface area (Å²) in [6.07, 6.45) is 1.91. The normalized spacial score (nSPS) is 15.1. The van der Waals surface area contributed by atoms with Crippen LogP contribution in [0.4, 0.5) is 4.39 Å². The summed E-state index contributed by atoms with van der Waals surface area (Å²) >= 11 is 5.90. The number of hydrogen-bond donors (Lipinski definition) is 0. The molecule has 1 unspecified atom stereocenters. The molecule has 0 saturated carbocycles. The Morgan fingerprint density at radius 3 is 2.73 bits per heavy atom. The minimum atomic E-state index is -0.773. The highest BCUT2D eigenvalue weighted by atomic mass is 35.5. The van der Waals surface area contributed by atoms with Crippen molar-refractivity contribution in [3.8, 4) is 11.5 Å². The predicted molar refractivity (Wildman–Crippen MR) is 110 cm³/mol. The third-order valence-electron chi connectivity index (χ3n) is 4.45. The maximum atomic E-state index is 13.7. The van der Waals surface area contributed by atoms with Gasteiger partial charge in [-0.25, -0.2) is 9.18 Å². The quantitative estimate of drug-likeness (QED) is 0.492. The van der Waals surface area contributed by atoms with Gasteiger partial charge >= 0.3 is 5.97 Å². The van der Waals surface area contributed by atoms with Crippen molar-refractivity contribution in [2.24, 2.45) is 0 Å². The largest absolute Gasteiger partial charge is 0.486 e. The molecule has 0 spiro atoms. The monoisotopic (exact) mass is 433 g/mol. The Kier molecular flexibility index (Phi) is 7.30. The van der Waals surface area contributed by atoms with Crippen LogP contribution in [0.3, 0.4) is 0 Å². The number of hydrogen-bond acceptors (Lipinski definition) is 5. The van der Waals surface area contributed by atoms with Crippen LogP contribution in [0, 0.1) is 5.82 Å². The van der Waals surface area contributed by atoms with Gasteiger partial charge < -0.3 is 19.1 Å². The van der Waals surface area contributed by atoms with Gasteiger partial charge in [0.25, 0.3) is 5.91 Å². The fourth-order valence-electron chi connectivity index (χ4n) is 2.90. The molecule has 0 N–H and O–H groups in total. The molecule has 1 aliphatic heterocycles. The number of fused-ring (bicyclic) bond motifs is 1. The number of ether oxygens (including phenoxy) is 3. The topological polar surface area (TPSA) is 65.1 Å². The number of carbonyl (C=O) groups excluding carboxylic acids is 2. The van der Waals surface area contributed by atoms with Crippen LogP contribution in [-0.4, -0.2) is 49.2 Å². The van der Waals surface area contributed by atoms with Crippen LogP contribution in [0.15, 0.2) is 48.5 Å². The third kappa shape index (κ3) is 5.51. The average molecular weight is 434 g/mol. The molecule has 1 atom stereocenters. The number of esters is 1. The number of amides is 1. The summed E-state index contributed by atoms with van der Waals surface area (Å²) in [7, 11) is 0. The molecule has 8 heteroatoms. The molecular weight excluding hydrogens is 413 g/mol. The molecule has 1 amide bonds. The van der Waals surface area contributed by atoms with E-state index >= 15 is 0 Å². The maximum absolute atomic E-state index is 13.7. The highest BCUT2D eigenvalue weighted by Crippen LogP contribution is 2.31. The molecule has 0 aliphatic carbocycles. The van der Waals surface area contributed by atoms with E-state index in [-0.39, 0.29) is 22.6 Å². The molecule has 2 aromatic rings. The summed E-state index contributed by atoms with van der Waals surface area (Å²) < 4.78 is 30.2. The first-order valence-corrected chi connectivity index (χ1v) is 9.80. The Balaban J connectivity index is 1.50. The first-order valence-electron chi connectivity index (χ1n) is 9.43. The van der Waals surface area contributed by atoms with Crippen molar-refractivity contribution in [2.75, 3.05) is 26.3 Å². The first-order chi connectivity index (χ1) is 14.5. The summed E-state index contributed by atoms with van der Waals surface area (Å²) in [5.74, 6) is -0.411. The van der Waals surface area contributed by atoms with Crippen LogP contribution in [-0.2, 0) is 14.3 Å². The molecule has 30 heavy (non-hydrogen) atoms. The van der Waals surface area contributed by atoms with E-state index in [0.717, 1.165) is 6.08 Å². The Hall–Kier alpha value is -3.06. The first kappa shape index (κ1) is 21.6. The minimum Gasteiger partial charge on any atom is -0.486 e. The van der Waals surface area contributed by atoms with Crippen molar-refractivity contribution < 1.29 is 28.2 Å². The van der Waals surface area contributed by atoms with E-state index in [9.17, 15) is 14.0 Å². The number of rotatable bonds is 7. The zero-order valence-corrected chi connectivity index (χ0v) is 17.1. The Morgan fingerprint density at radius 1 is 1.23 bits per heavy atom. The summed E-state index contributed by atoms with van der Waals surface area (Å²) in [5.41, 5.74) is 0.0763. The molecule has 3 rings (SSSR count). The van der Waals surface area contributed by atoms with E-state index in [1.165, 1.54) is 29.2 Å². The molecular formula is C22H21ClFNO5. The number of halogens is 2. The van der Waals surface area contributed by atoms with Gasteiger partial charge in [-0.05, 0) is 37.3 Å². The van der Waals surface area contributed by atoms with Crippen molar-refractivity contribution in [2.45, 2.75) is 13.0 Å². The second kappa shape index (κ2) is 10.1. The maximum Gasteiger partial charge on any atom is 0.331 e. The van der Waals surface area contributed by atoms with E-state index in [0.29, 0.717) is 31.2 Å². The lowest BCUT2D eigenvalue weighted by Gasteiger charge is -2.30. The number of likely N-dealkylation sites (N-methyl/N-ethyl adjacent to an activating group) is 1. The van der Waals surface area contributed by atoms with Crippen LogP contribution in [0.5, 0.6) is 11.5 Å². The van der Waals surface area contributed by atoms with Gasteiger partial charge in [0.2, 0.25) is 0 Å². The predicted octanol–water partition coefficient (Wildman–Crippen LogP) is 3.72. The second-order valence-corrected chi connectivity index (χ2v) is 6.91. The highest BCUT2D eigenvalue weighted by molar-refractivity contribution is 6.32. The summed E-state index contributed by atoms with van der Waals surface area (Å²) in [5, 5.41) is 0.170. The molecule has 0 bridgehead atoms. The Bertz CT molecular complexity index is 929. The Labute approximate surface area is 178 Å². The van der Waals surface area contributed by atoms with Crippen molar-refractivity contribution in [1.29, 1.82) is 0 Å². The van der Waals surface area contributed by atoms with Gasteiger partial charge in [0.05, 0.1) is 11.6 Å². The molecule has 1 aliphatic rings. The highest BCUT2D eigenvalue weighted by Gasteiger charge is 2.25. The number of benzene rings is 2. The molecule has 6 nitrogen and oxygen atoms in total. The van der Waals surface area contributed by atoms with E-state index < -0.39 is 18.4 Å². The lowest BCUT2D eigenvalue weighted by molar-refractivity contribution is -0.148. The van der Waals surface area contributed by atoms with Gasteiger partial charge in [0, 0.05) is 18.2 Å². The zero-order chi connectivity index (χ0) is 21.5. The van der Waals surface area contributed by atoms with E-state index in [1.54, 1.807) is 6.07 Å². The van der Waals surface area contributed by atoms with Crippen LogP contribution in [0.25, 0.3) is 6.08 Å². The lowest BCUT2D eigenvalue weighted by Crippen LogP contribution is -2.44. The van der Waals surface area contributed by atoms with Gasteiger partial charge in [-0.1, -0.05) is 29.8 Å². The standard InChI is InChI=1S/C22H21ClFNO5/c1-2-25(12-15-13-28-19-8-3-4-9-20(19)30-15)21(26)14-29-22(27)11-10-16-17(23)6-5-7-18(16)24/h3-11,15H,2,12-14H2,1H3/b11-10+. The molecule has 0 fully saturated rings. The van der Waals surface area contributed by atoms with Gasteiger partial charge in [-0.2, -0.15) is 0 Å². The fraction of sp³-hybridized carbons (Fsp3) is 0.273. The van der Waals surface area contributed by atoms with Gasteiger partial charge in [-0.15, -0.1) is 0 Å². The smallest absolute Gasteiger partial charge is 0.331 e. The van der Waals surface area contributed by atoms with Gasteiger partial charge in [0.15, 0.2) is 24.2 Å². The summed E-state index contributed by atoms with van der Waals surface area (Å²) in [4.78, 5) is 25.8. The Morgan fingerprint density at radius 2 is 2.00 bits per heavy atom. The third-order valence-corrected chi connectivity index (χ3v) is 4.78. The fourth-order valence-corrected chi connectivity index (χ4v) is 3.13. The van der Waals surface area contributed by atoms with Gasteiger partial charge in [0.1, 0.15) is 12.4 Å². The molecule has 0 radical (unpaired) electrons. The number of nitrogens with zero attached hydrogens (tertiary/aromatic N) is 1. The molecule has 0 aromatic heterocycles. The van der Waals surface area contributed by atoms with Crippen LogP contribution in [0.2, 0.25) is 5.02 Å². The minimum absolute atomic E-state index is 0.0763. The second-order valence-electron chi connectivity index (χ2n) is 6.51. The van der Waals surface area contributed by atoms with Crippen LogP contribution >= 0.6 is 11.6 Å². The SMILES string of the molecule is CCN(CC1COc2ccccc2O1)C(=O)COC(=O)/C=C/c1c(F)cccc1Cl. The molecule has 1 heterocycles. The molecule has 0 saturated heterocycles. The molecule has 2 aromatic carbocycles. The average Bonchev–Trinajstić information content (AvgIpc) is 2.75. The van der Waals surface area contributed by atoms with Crippen molar-refractivity contribution in [1.82, 2.24) is 4.90 Å². The number of para-hydroxylation sites is 2. The van der Waals surface area contributed by atoms with Crippen molar-refractivity contribution in [3.63, 3.8) is 0 Å². The van der Waals surface area contributed by atoms with E-state index in [4.69, 9.17) is 25.8 Å². The summed E-state index contributed by atoms with van der Waals surface area (Å²) in [6.45, 7) is 2.40. The van der Waals surface area contributed by atoms with E-state index in [1.807, 2.05) is 25.1 Å². The van der Waals surface area contributed by atoms with Crippen molar-refractivity contribution >= 4 is 29.6 Å². The van der Waals surface area contributed by atoms with Crippen molar-refractivity contribution in [3.05, 3.63) is 64.9 Å². The lowest BCUT2D eigenvalue weighted by atomic mass is 10.2. The zero-order valence-electron chi connectivity index (χ0n) is 16.3.